The van der Waals surface area contributed by atoms with Crippen molar-refractivity contribution in [3.05, 3.63) is 40.3 Å². The largest absolute Gasteiger partial charge is 0.478 e. The fourth-order valence-electron chi connectivity index (χ4n) is 1.78. The summed E-state index contributed by atoms with van der Waals surface area (Å²) in [6.07, 6.45) is 1.74. The number of hydrogen-bond donors (Lipinski definition) is 1. The third kappa shape index (κ3) is 1.74. The first-order valence-electron chi connectivity index (χ1n) is 5.18. The Bertz CT molecular complexity index is 705. The van der Waals surface area contributed by atoms with Crippen LogP contribution in [0.25, 0.3) is 11.0 Å². The number of benzene rings is 1. The van der Waals surface area contributed by atoms with Crippen molar-refractivity contribution >= 4 is 28.3 Å². The van der Waals surface area contributed by atoms with E-state index in [0.29, 0.717) is 17.6 Å². The van der Waals surface area contributed by atoms with Crippen LogP contribution in [0.3, 0.4) is 0 Å². The number of thiazole rings is 1. The highest BCUT2D eigenvalue weighted by molar-refractivity contribution is 7.09. The second kappa shape index (κ2) is 4.19. The molecule has 0 spiro atoms. The fraction of sp³-hybridized carbons (Fsp3) is 0.0909. The molecule has 0 atom stereocenters. The van der Waals surface area contributed by atoms with E-state index in [-0.39, 0.29) is 5.56 Å². The predicted molar refractivity (Wildman–Crippen MR) is 65.7 cm³/mol. The van der Waals surface area contributed by atoms with E-state index in [9.17, 15) is 9.90 Å². The van der Waals surface area contributed by atoms with Crippen LogP contribution < -0.4 is 0 Å². The summed E-state index contributed by atoms with van der Waals surface area (Å²) >= 11 is 1.50. The molecule has 7 heteroatoms. The number of aromatic nitrogens is 4. The van der Waals surface area contributed by atoms with Crippen molar-refractivity contribution in [2.45, 2.75) is 6.54 Å². The van der Waals surface area contributed by atoms with Gasteiger partial charge >= 0.3 is 5.97 Å². The lowest BCUT2D eigenvalue weighted by atomic mass is 10.2. The summed E-state index contributed by atoms with van der Waals surface area (Å²) < 4.78 is 1.59. The lowest BCUT2D eigenvalue weighted by Crippen LogP contribution is -2.05. The van der Waals surface area contributed by atoms with Crippen molar-refractivity contribution in [1.29, 1.82) is 0 Å². The molecule has 0 aliphatic carbocycles. The first kappa shape index (κ1) is 10.8. The van der Waals surface area contributed by atoms with E-state index in [1.54, 1.807) is 34.6 Å². The van der Waals surface area contributed by atoms with E-state index in [1.165, 1.54) is 11.3 Å². The van der Waals surface area contributed by atoms with Gasteiger partial charge in [0.05, 0.1) is 17.6 Å². The molecular weight excluding hydrogens is 252 g/mol. The van der Waals surface area contributed by atoms with E-state index >= 15 is 0 Å². The average Bonchev–Trinajstić information content (AvgIpc) is 2.99. The molecule has 1 aromatic carbocycles. The van der Waals surface area contributed by atoms with Crippen molar-refractivity contribution in [2.24, 2.45) is 0 Å². The quantitative estimate of drug-likeness (QED) is 0.774. The van der Waals surface area contributed by atoms with Crippen LogP contribution in [0.1, 0.15) is 15.2 Å². The van der Waals surface area contributed by atoms with Crippen molar-refractivity contribution in [1.82, 2.24) is 20.0 Å². The molecule has 2 aromatic heterocycles. The zero-order chi connectivity index (χ0) is 12.5. The van der Waals surface area contributed by atoms with E-state index < -0.39 is 5.97 Å². The number of hydrogen-bond acceptors (Lipinski definition) is 5. The Morgan fingerprint density at radius 1 is 1.44 bits per heavy atom. The molecule has 0 amide bonds. The van der Waals surface area contributed by atoms with Crippen LogP contribution in [0.2, 0.25) is 0 Å². The minimum atomic E-state index is -0.978. The van der Waals surface area contributed by atoms with Gasteiger partial charge in [0.1, 0.15) is 11.0 Å². The number of para-hydroxylation sites is 1. The Labute approximate surface area is 106 Å². The summed E-state index contributed by atoms with van der Waals surface area (Å²) in [5, 5.41) is 17.1. The summed E-state index contributed by atoms with van der Waals surface area (Å²) in [4.78, 5) is 16.2. The van der Waals surface area contributed by atoms with Gasteiger partial charge in [-0.3, -0.25) is 4.98 Å². The summed E-state index contributed by atoms with van der Waals surface area (Å²) in [6.45, 7) is 0.478. The molecule has 1 N–H and O–H groups in total. The Morgan fingerprint density at radius 3 is 3.06 bits per heavy atom. The maximum atomic E-state index is 11.2. The molecule has 0 saturated heterocycles. The van der Waals surface area contributed by atoms with Crippen LogP contribution >= 0.6 is 11.3 Å². The van der Waals surface area contributed by atoms with E-state index in [2.05, 4.69) is 15.3 Å². The standard InChI is InChI=1S/C11H8N4O2S/c16-11(17)8-2-1-3-9-10(8)15(14-13-9)5-7-4-12-6-18-7/h1-4,6H,5H2,(H,16,17). The van der Waals surface area contributed by atoms with Crippen molar-refractivity contribution < 1.29 is 9.90 Å². The smallest absolute Gasteiger partial charge is 0.337 e. The van der Waals surface area contributed by atoms with Crippen LogP contribution in [-0.2, 0) is 6.54 Å². The van der Waals surface area contributed by atoms with Gasteiger partial charge in [-0.05, 0) is 12.1 Å². The maximum Gasteiger partial charge on any atom is 0.337 e. The highest BCUT2D eigenvalue weighted by Crippen LogP contribution is 2.18. The van der Waals surface area contributed by atoms with Gasteiger partial charge < -0.3 is 5.11 Å². The molecule has 0 aliphatic rings. The van der Waals surface area contributed by atoms with Crippen molar-refractivity contribution in [3.8, 4) is 0 Å². The molecule has 6 nitrogen and oxygen atoms in total. The zero-order valence-electron chi connectivity index (χ0n) is 9.15. The highest BCUT2D eigenvalue weighted by Gasteiger charge is 2.14. The molecule has 0 unspecified atom stereocenters. The Kier molecular flexibility index (Phi) is 2.52. The zero-order valence-corrected chi connectivity index (χ0v) is 9.96. The molecule has 0 radical (unpaired) electrons. The molecule has 0 aliphatic heterocycles. The summed E-state index contributed by atoms with van der Waals surface area (Å²) in [5.74, 6) is -0.978. The van der Waals surface area contributed by atoms with Gasteiger partial charge in [-0.2, -0.15) is 0 Å². The van der Waals surface area contributed by atoms with Crippen molar-refractivity contribution in [3.63, 3.8) is 0 Å². The van der Waals surface area contributed by atoms with Crippen LogP contribution in [0, 0.1) is 0 Å². The predicted octanol–water partition coefficient (Wildman–Crippen LogP) is 1.63. The van der Waals surface area contributed by atoms with Gasteiger partial charge in [0, 0.05) is 11.1 Å². The monoisotopic (exact) mass is 260 g/mol. The Morgan fingerprint density at radius 2 is 2.33 bits per heavy atom. The Balaban J connectivity index is 2.15. The normalized spacial score (nSPS) is 10.9. The van der Waals surface area contributed by atoms with Crippen molar-refractivity contribution in [2.75, 3.05) is 0 Å². The van der Waals surface area contributed by atoms with Gasteiger partial charge in [0.2, 0.25) is 0 Å². The molecular formula is C11H8N4O2S. The van der Waals surface area contributed by atoms with Crippen LogP contribution in [0.5, 0.6) is 0 Å². The summed E-state index contributed by atoms with van der Waals surface area (Å²) in [6, 6.07) is 4.96. The van der Waals surface area contributed by atoms with E-state index in [1.807, 2.05) is 0 Å². The van der Waals surface area contributed by atoms with Crippen LogP contribution in [0.15, 0.2) is 29.9 Å². The van der Waals surface area contributed by atoms with Gasteiger partial charge in [0.25, 0.3) is 0 Å². The minimum absolute atomic E-state index is 0.210. The second-order valence-electron chi connectivity index (χ2n) is 3.69. The van der Waals surface area contributed by atoms with E-state index in [0.717, 1.165) is 4.88 Å². The fourth-order valence-corrected chi connectivity index (χ4v) is 2.36. The first-order chi connectivity index (χ1) is 8.75. The first-order valence-corrected chi connectivity index (χ1v) is 6.06. The number of fused-ring (bicyclic) bond motifs is 1. The molecule has 3 rings (SSSR count). The van der Waals surface area contributed by atoms with Crippen LogP contribution in [0.4, 0.5) is 0 Å². The third-order valence-electron chi connectivity index (χ3n) is 2.55. The van der Waals surface area contributed by atoms with Gasteiger partial charge in [-0.1, -0.05) is 11.3 Å². The number of nitrogens with zero attached hydrogens (tertiary/aromatic N) is 4. The number of carbonyl (C=O) groups is 1. The minimum Gasteiger partial charge on any atom is -0.478 e. The van der Waals surface area contributed by atoms with Crippen LogP contribution in [-0.4, -0.2) is 31.1 Å². The number of carboxylic acids is 1. The maximum absolute atomic E-state index is 11.2. The lowest BCUT2D eigenvalue weighted by Gasteiger charge is -2.02. The second-order valence-corrected chi connectivity index (χ2v) is 4.66. The number of rotatable bonds is 3. The molecule has 0 saturated carbocycles. The van der Waals surface area contributed by atoms with Gasteiger partial charge in [-0.15, -0.1) is 16.4 Å². The molecule has 0 bridgehead atoms. The third-order valence-corrected chi connectivity index (χ3v) is 3.32. The van der Waals surface area contributed by atoms with E-state index in [4.69, 9.17) is 0 Å². The summed E-state index contributed by atoms with van der Waals surface area (Å²) in [5.41, 5.74) is 3.06. The summed E-state index contributed by atoms with van der Waals surface area (Å²) in [7, 11) is 0. The molecule has 90 valence electrons. The molecule has 18 heavy (non-hydrogen) atoms. The Hall–Kier alpha value is -2.28. The topological polar surface area (TPSA) is 80.9 Å². The highest BCUT2D eigenvalue weighted by atomic mass is 32.1. The lowest BCUT2D eigenvalue weighted by molar-refractivity contribution is 0.0698. The SMILES string of the molecule is O=C(O)c1cccc2nnn(Cc3cncs3)c12. The number of carboxylic acid groups (broad SMARTS) is 1. The molecule has 3 aromatic rings. The van der Waals surface area contributed by atoms with Gasteiger partial charge in [-0.25, -0.2) is 9.48 Å². The molecule has 0 fully saturated rings. The number of aromatic carboxylic acids is 1. The van der Waals surface area contributed by atoms with Gasteiger partial charge in [0.15, 0.2) is 0 Å². The molecule has 2 heterocycles. The average molecular weight is 260 g/mol.